The quantitative estimate of drug-likeness (QED) is 0.900. The number of hydrogen-bond donors (Lipinski definition) is 1. The van der Waals surface area contributed by atoms with Crippen LogP contribution in [0.5, 0.6) is 5.75 Å². The third kappa shape index (κ3) is 3.00. The highest BCUT2D eigenvalue weighted by Gasteiger charge is 2.05. The van der Waals surface area contributed by atoms with E-state index in [-0.39, 0.29) is 12.7 Å². The molecule has 1 aromatic rings. The van der Waals surface area contributed by atoms with Gasteiger partial charge in [-0.15, -0.1) is 0 Å². The average molecular weight is 259 g/mol. The molecule has 0 spiro atoms. The number of aliphatic hydroxyl groups excluding tert-OH is 1. The first-order chi connectivity index (χ1) is 6.67. The molecular weight excluding hydrogens is 244 g/mol. The van der Waals surface area contributed by atoms with Crippen molar-refractivity contribution in [3.63, 3.8) is 0 Å². The van der Waals surface area contributed by atoms with Crippen molar-refractivity contribution in [3.05, 3.63) is 28.2 Å². The first-order valence-corrected chi connectivity index (χ1v) is 5.52. The fourth-order valence-electron chi connectivity index (χ4n) is 1.04. The highest BCUT2D eigenvalue weighted by molar-refractivity contribution is 9.10. The van der Waals surface area contributed by atoms with E-state index in [1.165, 1.54) is 0 Å². The Labute approximate surface area is 93.0 Å². The molecule has 0 aliphatic carbocycles. The van der Waals surface area contributed by atoms with E-state index < -0.39 is 0 Å². The maximum Gasteiger partial charge on any atom is 0.133 e. The van der Waals surface area contributed by atoms with Gasteiger partial charge in [0.15, 0.2) is 0 Å². The van der Waals surface area contributed by atoms with Crippen molar-refractivity contribution in [2.45, 2.75) is 33.0 Å². The minimum atomic E-state index is 0.0577. The first kappa shape index (κ1) is 11.5. The Morgan fingerprint density at radius 2 is 2.21 bits per heavy atom. The zero-order valence-electron chi connectivity index (χ0n) is 8.46. The molecule has 0 aromatic heterocycles. The number of benzene rings is 1. The SMILES string of the molecule is CC[C@@H](C)Oc1ccc(CO)cc1Br. The van der Waals surface area contributed by atoms with Crippen LogP contribution in [0.4, 0.5) is 0 Å². The lowest BCUT2D eigenvalue weighted by Crippen LogP contribution is -2.10. The number of aliphatic hydroxyl groups is 1. The van der Waals surface area contributed by atoms with Crippen molar-refractivity contribution in [2.24, 2.45) is 0 Å². The standard InChI is InChI=1S/C11H15BrO2/c1-3-8(2)14-11-5-4-9(7-13)6-10(11)12/h4-6,8,13H,3,7H2,1-2H3/t8-/m1/s1. The lowest BCUT2D eigenvalue weighted by Gasteiger charge is -2.14. The summed E-state index contributed by atoms with van der Waals surface area (Å²) in [5, 5.41) is 8.92. The normalized spacial score (nSPS) is 12.6. The number of halogens is 1. The maximum atomic E-state index is 8.92. The van der Waals surface area contributed by atoms with E-state index in [9.17, 15) is 0 Å². The van der Waals surface area contributed by atoms with Crippen LogP contribution in [0.25, 0.3) is 0 Å². The van der Waals surface area contributed by atoms with E-state index in [1.54, 1.807) is 0 Å². The van der Waals surface area contributed by atoms with Crippen LogP contribution < -0.4 is 4.74 Å². The first-order valence-electron chi connectivity index (χ1n) is 4.73. The Bertz CT molecular complexity index is 299. The van der Waals surface area contributed by atoms with Crippen LogP contribution in [0.15, 0.2) is 22.7 Å². The van der Waals surface area contributed by atoms with Crippen molar-refractivity contribution in [2.75, 3.05) is 0 Å². The van der Waals surface area contributed by atoms with Gasteiger partial charge in [-0.2, -0.15) is 0 Å². The molecule has 0 bridgehead atoms. The Morgan fingerprint density at radius 1 is 1.50 bits per heavy atom. The van der Waals surface area contributed by atoms with Crippen LogP contribution in [0.1, 0.15) is 25.8 Å². The molecule has 0 amide bonds. The summed E-state index contributed by atoms with van der Waals surface area (Å²) in [7, 11) is 0. The molecule has 0 heterocycles. The second-order valence-corrected chi connectivity index (χ2v) is 4.11. The summed E-state index contributed by atoms with van der Waals surface area (Å²) >= 11 is 3.41. The van der Waals surface area contributed by atoms with E-state index in [0.29, 0.717) is 0 Å². The second kappa shape index (κ2) is 5.37. The van der Waals surface area contributed by atoms with Crippen LogP contribution in [0, 0.1) is 0 Å². The predicted octanol–water partition coefficient (Wildman–Crippen LogP) is 3.12. The highest BCUT2D eigenvalue weighted by atomic mass is 79.9. The van der Waals surface area contributed by atoms with Crippen molar-refractivity contribution >= 4 is 15.9 Å². The van der Waals surface area contributed by atoms with E-state index in [2.05, 4.69) is 22.9 Å². The molecule has 1 rings (SSSR count). The molecule has 78 valence electrons. The van der Waals surface area contributed by atoms with E-state index in [4.69, 9.17) is 9.84 Å². The molecule has 0 aliphatic rings. The molecule has 0 saturated heterocycles. The lowest BCUT2D eigenvalue weighted by molar-refractivity contribution is 0.215. The van der Waals surface area contributed by atoms with E-state index in [0.717, 1.165) is 22.2 Å². The van der Waals surface area contributed by atoms with E-state index >= 15 is 0 Å². The van der Waals surface area contributed by atoms with Crippen molar-refractivity contribution in [1.82, 2.24) is 0 Å². The molecule has 1 atom stereocenters. The smallest absolute Gasteiger partial charge is 0.133 e. The van der Waals surface area contributed by atoms with Crippen LogP contribution >= 0.6 is 15.9 Å². The molecule has 0 unspecified atom stereocenters. The summed E-state index contributed by atoms with van der Waals surface area (Å²) in [5.41, 5.74) is 0.883. The van der Waals surface area contributed by atoms with Gasteiger partial charge in [0.2, 0.25) is 0 Å². The maximum absolute atomic E-state index is 8.92. The molecule has 3 heteroatoms. The molecule has 0 saturated carbocycles. The number of hydrogen-bond acceptors (Lipinski definition) is 2. The zero-order valence-corrected chi connectivity index (χ0v) is 10.0. The third-order valence-corrected chi connectivity index (χ3v) is 2.70. The van der Waals surface area contributed by atoms with Crippen LogP contribution in [0.2, 0.25) is 0 Å². The van der Waals surface area contributed by atoms with Gasteiger partial charge in [-0.3, -0.25) is 0 Å². The number of ether oxygens (including phenoxy) is 1. The van der Waals surface area contributed by atoms with Gasteiger partial charge in [-0.05, 0) is 47.0 Å². The monoisotopic (exact) mass is 258 g/mol. The highest BCUT2D eigenvalue weighted by Crippen LogP contribution is 2.27. The zero-order chi connectivity index (χ0) is 10.6. The summed E-state index contributed by atoms with van der Waals surface area (Å²) in [6.07, 6.45) is 1.19. The summed E-state index contributed by atoms with van der Waals surface area (Å²) in [6, 6.07) is 5.61. The predicted molar refractivity (Wildman–Crippen MR) is 60.4 cm³/mol. The van der Waals surface area contributed by atoms with Crippen molar-refractivity contribution < 1.29 is 9.84 Å². The average Bonchev–Trinajstić information content (AvgIpc) is 2.20. The largest absolute Gasteiger partial charge is 0.490 e. The van der Waals surface area contributed by atoms with Crippen LogP contribution in [-0.2, 0) is 6.61 Å². The summed E-state index contributed by atoms with van der Waals surface area (Å²) in [4.78, 5) is 0. The Balaban J connectivity index is 2.78. The minimum absolute atomic E-state index is 0.0577. The minimum Gasteiger partial charge on any atom is -0.490 e. The van der Waals surface area contributed by atoms with Gasteiger partial charge in [0, 0.05) is 0 Å². The molecule has 0 aliphatic heterocycles. The fourth-order valence-corrected chi connectivity index (χ4v) is 1.56. The fraction of sp³-hybridized carbons (Fsp3) is 0.455. The van der Waals surface area contributed by atoms with Gasteiger partial charge in [-0.1, -0.05) is 13.0 Å². The number of rotatable bonds is 4. The summed E-state index contributed by atoms with van der Waals surface area (Å²) < 4.78 is 6.56. The molecule has 0 fully saturated rings. The molecular formula is C11H15BrO2. The lowest BCUT2D eigenvalue weighted by atomic mass is 10.2. The Hall–Kier alpha value is -0.540. The molecule has 1 N–H and O–H groups in total. The van der Waals surface area contributed by atoms with Gasteiger partial charge >= 0.3 is 0 Å². The molecule has 14 heavy (non-hydrogen) atoms. The molecule has 2 nitrogen and oxygen atoms in total. The molecule has 0 radical (unpaired) electrons. The van der Waals surface area contributed by atoms with Gasteiger partial charge in [-0.25, -0.2) is 0 Å². The van der Waals surface area contributed by atoms with Gasteiger partial charge in [0.05, 0.1) is 17.2 Å². The van der Waals surface area contributed by atoms with Crippen LogP contribution in [-0.4, -0.2) is 11.2 Å². The van der Waals surface area contributed by atoms with E-state index in [1.807, 2.05) is 25.1 Å². The Morgan fingerprint density at radius 3 is 2.71 bits per heavy atom. The topological polar surface area (TPSA) is 29.5 Å². The van der Waals surface area contributed by atoms with Gasteiger partial charge < -0.3 is 9.84 Å². The summed E-state index contributed by atoms with van der Waals surface area (Å²) in [6.45, 7) is 4.18. The van der Waals surface area contributed by atoms with Crippen molar-refractivity contribution in [1.29, 1.82) is 0 Å². The Kier molecular flexibility index (Phi) is 4.42. The van der Waals surface area contributed by atoms with Crippen LogP contribution in [0.3, 0.4) is 0 Å². The third-order valence-electron chi connectivity index (χ3n) is 2.08. The van der Waals surface area contributed by atoms with Gasteiger partial charge in [0.1, 0.15) is 5.75 Å². The van der Waals surface area contributed by atoms with Crippen molar-refractivity contribution in [3.8, 4) is 5.75 Å². The summed E-state index contributed by atoms with van der Waals surface area (Å²) in [5.74, 6) is 0.830. The molecule has 1 aromatic carbocycles. The van der Waals surface area contributed by atoms with Gasteiger partial charge in [0.25, 0.3) is 0 Å². The second-order valence-electron chi connectivity index (χ2n) is 3.26.